The standard InChI is InChI=1S/C18H24N2/c1-7-13-20(14(5)6)18-12-11-16(15(8-2)9-3)17(10-4)19-18/h7-9,11-13H,2,5,10H2,1,3-4,6H3/b13-7-,15-9+. The largest absolute Gasteiger partial charge is 0.307 e. The summed E-state index contributed by atoms with van der Waals surface area (Å²) in [6, 6.07) is 4.13. The van der Waals surface area contributed by atoms with Crippen LogP contribution in [0.4, 0.5) is 5.82 Å². The van der Waals surface area contributed by atoms with Gasteiger partial charge in [-0.05, 0) is 44.9 Å². The van der Waals surface area contributed by atoms with E-state index < -0.39 is 0 Å². The van der Waals surface area contributed by atoms with Gasteiger partial charge in [-0.15, -0.1) is 0 Å². The fourth-order valence-corrected chi connectivity index (χ4v) is 2.09. The lowest BCUT2D eigenvalue weighted by Crippen LogP contribution is -2.14. The monoisotopic (exact) mass is 268 g/mol. The number of rotatable bonds is 6. The summed E-state index contributed by atoms with van der Waals surface area (Å²) in [4.78, 5) is 6.77. The topological polar surface area (TPSA) is 16.1 Å². The number of nitrogens with zero attached hydrogens (tertiary/aromatic N) is 2. The maximum atomic E-state index is 4.77. The Morgan fingerprint density at radius 2 is 2.05 bits per heavy atom. The Morgan fingerprint density at radius 3 is 2.50 bits per heavy atom. The second-order valence-corrected chi connectivity index (χ2v) is 4.55. The zero-order chi connectivity index (χ0) is 15.1. The van der Waals surface area contributed by atoms with Crippen LogP contribution in [0.15, 0.2) is 55.4 Å². The number of anilines is 1. The maximum absolute atomic E-state index is 4.77. The highest BCUT2D eigenvalue weighted by Crippen LogP contribution is 2.24. The van der Waals surface area contributed by atoms with Gasteiger partial charge in [-0.1, -0.05) is 38.3 Å². The molecule has 0 N–H and O–H groups in total. The third-order valence-electron chi connectivity index (χ3n) is 3.09. The lowest BCUT2D eigenvalue weighted by Gasteiger charge is -2.21. The van der Waals surface area contributed by atoms with E-state index in [4.69, 9.17) is 4.98 Å². The Balaban J connectivity index is 3.34. The highest BCUT2D eigenvalue weighted by atomic mass is 15.2. The first-order valence-electron chi connectivity index (χ1n) is 6.95. The van der Waals surface area contributed by atoms with Gasteiger partial charge in [-0.2, -0.15) is 0 Å². The predicted octanol–water partition coefficient (Wildman–Crippen LogP) is 5.11. The maximum Gasteiger partial charge on any atom is 0.137 e. The zero-order valence-corrected chi connectivity index (χ0v) is 13.0. The first kappa shape index (κ1) is 16.0. The molecule has 0 bridgehead atoms. The van der Waals surface area contributed by atoms with Crippen molar-refractivity contribution in [3.05, 3.63) is 66.7 Å². The van der Waals surface area contributed by atoms with Crippen LogP contribution in [0, 0.1) is 0 Å². The van der Waals surface area contributed by atoms with Gasteiger partial charge >= 0.3 is 0 Å². The average molecular weight is 268 g/mol. The molecule has 20 heavy (non-hydrogen) atoms. The van der Waals surface area contributed by atoms with E-state index in [1.54, 1.807) is 0 Å². The number of hydrogen-bond acceptors (Lipinski definition) is 2. The zero-order valence-electron chi connectivity index (χ0n) is 13.0. The van der Waals surface area contributed by atoms with E-state index in [9.17, 15) is 0 Å². The van der Waals surface area contributed by atoms with Crippen molar-refractivity contribution in [3.63, 3.8) is 0 Å². The van der Waals surface area contributed by atoms with Gasteiger partial charge in [-0.3, -0.25) is 0 Å². The van der Waals surface area contributed by atoms with Crippen molar-refractivity contribution in [1.29, 1.82) is 0 Å². The lowest BCUT2D eigenvalue weighted by atomic mass is 10.0. The molecule has 0 spiro atoms. The van der Waals surface area contributed by atoms with Crippen LogP contribution in [0.5, 0.6) is 0 Å². The van der Waals surface area contributed by atoms with Gasteiger partial charge in [0.25, 0.3) is 0 Å². The molecular weight excluding hydrogens is 244 g/mol. The second kappa shape index (κ2) is 7.49. The molecule has 0 unspecified atom stereocenters. The first-order chi connectivity index (χ1) is 9.58. The molecule has 0 radical (unpaired) electrons. The van der Waals surface area contributed by atoms with E-state index >= 15 is 0 Å². The van der Waals surface area contributed by atoms with Gasteiger partial charge in [0.1, 0.15) is 5.82 Å². The van der Waals surface area contributed by atoms with Gasteiger partial charge < -0.3 is 4.90 Å². The summed E-state index contributed by atoms with van der Waals surface area (Å²) in [6.07, 6.45) is 8.78. The van der Waals surface area contributed by atoms with Crippen molar-refractivity contribution < 1.29 is 0 Å². The van der Waals surface area contributed by atoms with Gasteiger partial charge in [0.2, 0.25) is 0 Å². The normalized spacial score (nSPS) is 11.7. The molecule has 0 saturated heterocycles. The molecule has 0 aliphatic heterocycles. The van der Waals surface area contributed by atoms with E-state index in [2.05, 4.69) is 32.2 Å². The Kier molecular flexibility index (Phi) is 5.98. The van der Waals surface area contributed by atoms with Crippen LogP contribution in [0.2, 0.25) is 0 Å². The van der Waals surface area contributed by atoms with Crippen molar-refractivity contribution in [3.8, 4) is 0 Å². The van der Waals surface area contributed by atoms with Gasteiger partial charge in [0.05, 0.1) is 5.69 Å². The van der Waals surface area contributed by atoms with Crippen LogP contribution in [0.25, 0.3) is 5.57 Å². The summed E-state index contributed by atoms with van der Waals surface area (Å²) < 4.78 is 0. The average Bonchev–Trinajstić information content (AvgIpc) is 2.46. The molecule has 0 fully saturated rings. The first-order valence-corrected chi connectivity index (χ1v) is 6.95. The summed E-state index contributed by atoms with van der Waals surface area (Å²) >= 11 is 0. The number of aryl methyl sites for hydroxylation is 1. The van der Waals surface area contributed by atoms with Crippen LogP contribution in [-0.2, 0) is 6.42 Å². The highest BCUT2D eigenvalue weighted by molar-refractivity contribution is 5.75. The summed E-state index contributed by atoms with van der Waals surface area (Å²) in [7, 11) is 0. The van der Waals surface area contributed by atoms with Crippen molar-refractivity contribution in [1.82, 2.24) is 4.98 Å². The fourth-order valence-electron chi connectivity index (χ4n) is 2.09. The highest BCUT2D eigenvalue weighted by Gasteiger charge is 2.10. The molecule has 0 amide bonds. The summed E-state index contributed by atoms with van der Waals surface area (Å²) in [5, 5.41) is 0. The van der Waals surface area contributed by atoms with E-state index in [1.807, 2.05) is 50.1 Å². The van der Waals surface area contributed by atoms with Crippen molar-refractivity contribution in [2.24, 2.45) is 0 Å². The molecule has 0 saturated carbocycles. The summed E-state index contributed by atoms with van der Waals surface area (Å²) in [5.41, 5.74) is 4.29. The third-order valence-corrected chi connectivity index (χ3v) is 3.09. The van der Waals surface area contributed by atoms with E-state index in [-0.39, 0.29) is 0 Å². The van der Waals surface area contributed by atoms with Crippen LogP contribution >= 0.6 is 0 Å². The number of pyridine rings is 1. The van der Waals surface area contributed by atoms with Crippen LogP contribution < -0.4 is 4.90 Å². The molecule has 2 nitrogen and oxygen atoms in total. The van der Waals surface area contributed by atoms with E-state index in [0.29, 0.717) is 0 Å². The SMILES string of the molecule is C=C/C(=C\C)c1ccc(N(/C=C\C)C(=C)C)nc1CC. The van der Waals surface area contributed by atoms with Crippen molar-refractivity contribution in [2.45, 2.75) is 34.1 Å². The van der Waals surface area contributed by atoms with E-state index in [0.717, 1.165) is 34.8 Å². The molecule has 2 heteroatoms. The molecule has 1 heterocycles. The van der Waals surface area contributed by atoms with Crippen LogP contribution in [0.1, 0.15) is 39.0 Å². The molecule has 1 aromatic rings. The van der Waals surface area contributed by atoms with Gasteiger partial charge in [-0.25, -0.2) is 4.98 Å². The molecule has 0 aromatic carbocycles. The minimum atomic E-state index is 0.883. The third kappa shape index (κ3) is 3.47. The van der Waals surface area contributed by atoms with Crippen LogP contribution in [0.3, 0.4) is 0 Å². The Labute approximate surface area is 122 Å². The van der Waals surface area contributed by atoms with Gasteiger partial charge in [0.15, 0.2) is 0 Å². The predicted molar refractivity (Wildman–Crippen MR) is 89.6 cm³/mol. The van der Waals surface area contributed by atoms with Crippen molar-refractivity contribution >= 4 is 11.4 Å². The Bertz CT molecular complexity index is 551. The number of hydrogen-bond donors (Lipinski definition) is 0. The molecule has 1 aromatic heterocycles. The number of aromatic nitrogens is 1. The quantitative estimate of drug-likeness (QED) is 0.667. The van der Waals surface area contributed by atoms with E-state index in [1.165, 1.54) is 0 Å². The Morgan fingerprint density at radius 1 is 1.35 bits per heavy atom. The smallest absolute Gasteiger partial charge is 0.137 e. The Hall–Kier alpha value is -2.09. The molecule has 1 rings (SSSR count). The molecular formula is C18H24N2. The molecule has 0 aliphatic carbocycles. The summed E-state index contributed by atoms with van der Waals surface area (Å²) in [6.45, 7) is 16.0. The number of allylic oxidation sites excluding steroid dienone is 5. The summed E-state index contributed by atoms with van der Waals surface area (Å²) in [5.74, 6) is 0.899. The van der Waals surface area contributed by atoms with Crippen molar-refractivity contribution in [2.75, 3.05) is 4.90 Å². The molecule has 106 valence electrons. The fraction of sp³-hybridized carbons (Fsp3) is 0.278. The minimum Gasteiger partial charge on any atom is -0.307 e. The van der Waals surface area contributed by atoms with Gasteiger partial charge in [0, 0.05) is 17.5 Å². The minimum absolute atomic E-state index is 0.883. The molecule has 0 aliphatic rings. The second-order valence-electron chi connectivity index (χ2n) is 4.55. The van der Waals surface area contributed by atoms with Crippen LogP contribution in [-0.4, -0.2) is 4.98 Å². The lowest BCUT2D eigenvalue weighted by molar-refractivity contribution is 0.994. The molecule has 0 atom stereocenters.